The average Bonchev–Trinajstić information content (AvgIpc) is 3.11. The van der Waals surface area contributed by atoms with E-state index in [0.717, 1.165) is 0 Å². The summed E-state index contributed by atoms with van der Waals surface area (Å²) in [5.41, 5.74) is 0.276. The summed E-state index contributed by atoms with van der Waals surface area (Å²) in [6.45, 7) is 0.465. The Kier molecular flexibility index (Phi) is 4.29. The van der Waals surface area contributed by atoms with Crippen molar-refractivity contribution in [1.82, 2.24) is 5.32 Å². The highest BCUT2D eigenvalue weighted by atomic mass is 16.6. The molecule has 126 valence electrons. The van der Waals surface area contributed by atoms with Gasteiger partial charge in [0.05, 0.1) is 33.5 Å². The number of benzene rings is 1. The number of nitrogens with one attached hydrogen (secondary N) is 1. The third-order valence-electron chi connectivity index (χ3n) is 4.09. The molecule has 2 aliphatic rings. The van der Waals surface area contributed by atoms with E-state index in [1.165, 1.54) is 26.4 Å². The van der Waals surface area contributed by atoms with Crippen molar-refractivity contribution >= 4 is 5.91 Å². The number of rotatable bonds is 4. The van der Waals surface area contributed by atoms with Gasteiger partial charge < -0.3 is 34.5 Å². The number of phenols is 1. The lowest BCUT2D eigenvalue weighted by Crippen LogP contribution is -2.44. The number of carbonyl (C=O) groups excluding carboxylic acids is 1. The molecule has 0 aliphatic carbocycles. The molecule has 3 N–H and O–H groups in total. The van der Waals surface area contributed by atoms with Gasteiger partial charge in [0.15, 0.2) is 11.5 Å². The summed E-state index contributed by atoms with van der Waals surface area (Å²) in [5, 5.41) is 22.4. The zero-order chi connectivity index (χ0) is 16.6. The summed E-state index contributed by atoms with van der Waals surface area (Å²) >= 11 is 0. The van der Waals surface area contributed by atoms with Gasteiger partial charge in [-0.2, -0.15) is 0 Å². The highest BCUT2D eigenvalue weighted by Crippen LogP contribution is 2.37. The third-order valence-corrected chi connectivity index (χ3v) is 4.09. The van der Waals surface area contributed by atoms with E-state index in [2.05, 4.69) is 5.32 Å². The number of hydrogen-bond donors (Lipinski definition) is 3. The zero-order valence-corrected chi connectivity index (χ0v) is 12.8. The summed E-state index contributed by atoms with van der Waals surface area (Å²) in [6.07, 6.45) is -1.45. The molecule has 0 spiro atoms. The fraction of sp³-hybridized carbons (Fsp3) is 0.533. The predicted molar refractivity (Wildman–Crippen MR) is 78.0 cm³/mol. The molecular weight excluding hydrogens is 306 g/mol. The van der Waals surface area contributed by atoms with Crippen molar-refractivity contribution in [3.05, 3.63) is 17.7 Å². The monoisotopic (exact) mass is 325 g/mol. The minimum absolute atomic E-state index is 0.141. The maximum atomic E-state index is 12.4. The number of aliphatic hydroxyl groups excluding tert-OH is 1. The molecule has 0 radical (unpaired) electrons. The summed E-state index contributed by atoms with van der Waals surface area (Å²) in [4.78, 5) is 12.4. The minimum atomic E-state index is -0.671. The number of aliphatic hydroxyl groups is 1. The third kappa shape index (κ3) is 2.80. The van der Waals surface area contributed by atoms with Crippen LogP contribution in [-0.4, -0.2) is 67.9 Å². The summed E-state index contributed by atoms with van der Waals surface area (Å²) in [7, 11) is 2.78. The van der Waals surface area contributed by atoms with Crippen LogP contribution in [0, 0.1) is 0 Å². The van der Waals surface area contributed by atoms with E-state index in [0.29, 0.717) is 0 Å². The van der Waals surface area contributed by atoms with Crippen LogP contribution >= 0.6 is 0 Å². The van der Waals surface area contributed by atoms with Gasteiger partial charge in [-0.05, 0) is 12.1 Å². The van der Waals surface area contributed by atoms with Gasteiger partial charge in [0, 0.05) is 5.56 Å². The van der Waals surface area contributed by atoms with Crippen molar-refractivity contribution in [2.75, 3.05) is 27.4 Å². The maximum absolute atomic E-state index is 12.4. The van der Waals surface area contributed by atoms with E-state index in [9.17, 15) is 15.0 Å². The number of aromatic hydroxyl groups is 1. The van der Waals surface area contributed by atoms with Crippen LogP contribution in [0.4, 0.5) is 0 Å². The number of ether oxygens (including phenoxy) is 4. The van der Waals surface area contributed by atoms with Gasteiger partial charge in [-0.15, -0.1) is 0 Å². The Morgan fingerprint density at radius 2 is 1.78 bits per heavy atom. The molecule has 0 saturated carbocycles. The molecule has 0 bridgehead atoms. The van der Waals surface area contributed by atoms with E-state index >= 15 is 0 Å². The molecule has 2 fully saturated rings. The number of carbonyl (C=O) groups is 1. The van der Waals surface area contributed by atoms with Crippen molar-refractivity contribution < 1.29 is 34.0 Å². The molecule has 4 atom stereocenters. The number of phenolic OH excluding ortho intramolecular Hbond substituents is 1. The van der Waals surface area contributed by atoms with Gasteiger partial charge in [0.1, 0.15) is 18.3 Å². The van der Waals surface area contributed by atoms with Gasteiger partial charge in [-0.1, -0.05) is 0 Å². The van der Waals surface area contributed by atoms with Crippen molar-refractivity contribution in [3.63, 3.8) is 0 Å². The lowest BCUT2D eigenvalue weighted by molar-refractivity contribution is 0.0178. The van der Waals surface area contributed by atoms with Crippen LogP contribution in [0.2, 0.25) is 0 Å². The van der Waals surface area contributed by atoms with E-state index in [4.69, 9.17) is 18.9 Å². The Morgan fingerprint density at radius 3 is 2.39 bits per heavy atom. The number of methoxy groups -OCH3 is 2. The Bertz CT molecular complexity index is 580. The second-order valence-electron chi connectivity index (χ2n) is 5.47. The first-order valence-electron chi connectivity index (χ1n) is 7.22. The molecule has 2 aliphatic heterocycles. The van der Waals surface area contributed by atoms with Gasteiger partial charge in [0.25, 0.3) is 5.91 Å². The highest BCUT2D eigenvalue weighted by molar-refractivity contribution is 5.95. The molecular formula is C15H19NO7. The first-order chi connectivity index (χ1) is 11.0. The van der Waals surface area contributed by atoms with E-state index in [1.54, 1.807) is 0 Å². The first-order valence-corrected chi connectivity index (χ1v) is 7.22. The van der Waals surface area contributed by atoms with Gasteiger partial charge in [-0.25, -0.2) is 0 Å². The number of fused-ring (bicyclic) bond motifs is 1. The lowest BCUT2D eigenvalue weighted by atomic mass is 10.1. The van der Waals surface area contributed by atoms with Gasteiger partial charge >= 0.3 is 0 Å². The maximum Gasteiger partial charge on any atom is 0.251 e. The van der Waals surface area contributed by atoms with Crippen LogP contribution in [0.15, 0.2) is 12.1 Å². The number of amides is 1. The molecule has 8 heteroatoms. The van der Waals surface area contributed by atoms with Crippen LogP contribution < -0.4 is 14.8 Å². The fourth-order valence-electron chi connectivity index (χ4n) is 2.88. The molecule has 1 amide bonds. The second kappa shape index (κ2) is 6.23. The highest BCUT2D eigenvalue weighted by Gasteiger charge is 2.47. The standard InChI is InChI=1S/C15H19NO7/c1-20-10-3-7(4-11(21-2)12(10)18)15(19)16-8-5-22-14-9(17)6-23-13(8)14/h3-4,8-9,13-14,17-18H,5-6H2,1-2H3,(H,16,19)/t8-,9-,13-,14-/m1/s1. The molecule has 2 saturated heterocycles. The Labute approximate surface area is 132 Å². The van der Waals surface area contributed by atoms with E-state index in [-0.39, 0.29) is 54.1 Å². The normalized spacial score (nSPS) is 29.2. The zero-order valence-electron chi connectivity index (χ0n) is 12.8. The molecule has 2 heterocycles. The molecule has 1 aromatic carbocycles. The summed E-state index contributed by atoms with van der Waals surface area (Å²) in [6, 6.07) is 2.49. The molecule has 3 rings (SSSR count). The van der Waals surface area contributed by atoms with Crippen LogP contribution in [0.5, 0.6) is 17.2 Å². The number of hydrogen-bond acceptors (Lipinski definition) is 7. The molecule has 0 unspecified atom stereocenters. The Morgan fingerprint density at radius 1 is 1.17 bits per heavy atom. The Balaban J connectivity index is 1.76. The minimum Gasteiger partial charge on any atom is -0.502 e. The first kappa shape index (κ1) is 15.9. The van der Waals surface area contributed by atoms with Gasteiger partial charge in [-0.3, -0.25) is 4.79 Å². The molecule has 8 nitrogen and oxygen atoms in total. The van der Waals surface area contributed by atoms with Crippen molar-refractivity contribution in [2.24, 2.45) is 0 Å². The fourth-order valence-corrected chi connectivity index (χ4v) is 2.88. The molecule has 1 aromatic rings. The van der Waals surface area contributed by atoms with Crippen molar-refractivity contribution in [1.29, 1.82) is 0 Å². The Hall–Kier alpha value is -2.03. The predicted octanol–water partition coefficient (Wildman–Crippen LogP) is -0.334. The summed E-state index contributed by atoms with van der Waals surface area (Å²) < 4.78 is 21.0. The van der Waals surface area contributed by atoms with Crippen LogP contribution in [-0.2, 0) is 9.47 Å². The van der Waals surface area contributed by atoms with Crippen molar-refractivity contribution in [2.45, 2.75) is 24.4 Å². The summed E-state index contributed by atoms with van der Waals surface area (Å²) in [5.74, 6) is -0.260. The molecule has 23 heavy (non-hydrogen) atoms. The second-order valence-corrected chi connectivity index (χ2v) is 5.47. The van der Waals surface area contributed by atoms with Gasteiger partial charge in [0.2, 0.25) is 5.75 Å². The van der Waals surface area contributed by atoms with E-state index in [1.807, 2.05) is 0 Å². The topological polar surface area (TPSA) is 106 Å². The molecule has 0 aromatic heterocycles. The smallest absolute Gasteiger partial charge is 0.251 e. The van der Waals surface area contributed by atoms with Crippen LogP contribution in [0.3, 0.4) is 0 Å². The van der Waals surface area contributed by atoms with Crippen LogP contribution in [0.25, 0.3) is 0 Å². The largest absolute Gasteiger partial charge is 0.502 e. The van der Waals surface area contributed by atoms with Crippen molar-refractivity contribution in [3.8, 4) is 17.2 Å². The SMILES string of the molecule is COc1cc(C(=O)N[C@@H]2CO[C@H]3[C@@H]2OC[C@H]3O)cc(OC)c1O. The average molecular weight is 325 g/mol. The lowest BCUT2D eigenvalue weighted by Gasteiger charge is -2.18. The van der Waals surface area contributed by atoms with Crippen LogP contribution in [0.1, 0.15) is 10.4 Å². The quantitative estimate of drug-likeness (QED) is 0.696. The van der Waals surface area contributed by atoms with E-state index < -0.39 is 12.2 Å².